The fourth-order valence-corrected chi connectivity index (χ4v) is 6.49. The molecule has 8 nitrogen and oxygen atoms in total. The minimum absolute atomic E-state index is 0.00893. The Labute approximate surface area is 238 Å². The van der Waals surface area contributed by atoms with Crippen molar-refractivity contribution < 1.29 is 32.2 Å². The highest BCUT2D eigenvalue weighted by Gasteiger charge is 2.31. The number of halogens is 3. The summed E-state index contributed by atoms with van der Waals surface area (Å²) in [6, 6.07) is 4.58. The van der Waals surface area contributed by atoms with Crippen LogP contribution in [0, 0.1) is 5.92 Å². The van der Waals surface area contributed by atoms with Crippen LogP contribution in [0.25, 0.3) is 0 Å². The summed E-state index contributed by atoms with van der Waals surface area (Å²) in [7, 11) is 0. The van der Waals surface area contributed by atoms with Crippen molar-refractivity contribution in [2.24, 2.45) is 5.92 Å². The molecule has 214 valence electrons. The number of thiophene rings is 1. The number of ether oxygens (including phenoxy) is 2. The predicted octanol–water partition coefficient (Wildman–Crippen LogP) is 6.16. The first-order chi connectivity index (χ1) is 19.1. The number of thioether (sulfide) groups is 1. The Kier molecular flexibility index (Phi) is 9.56. The van der Waals surface area contributed by atoms with E-state index in [1.165, 1.54) is 23.5 Å². The second kappa shape index (κ2) is 12.9. The number of esters is 1. The predicted molar refractivity (Wildman–Crippen MR) is 147 cm³/mol. The number of anilines is 1. The number of benzene rings is 1. The van der Waals surface area contributed by atoms with Gasteiger partial charge in [-0.1, -0.05) is 30.8 Å². The average Bonchev–Trinajstić information content (AvgIpc) is 3.46. The lowest BCUT2D eigenvalue weighted by Gasteiger charge is -2.18. The van der Waals surface area contributed by atoms with Gasteiger partial charge in [-0.25, -0.2) is 4.79 Å². The summed E-state index contributed by atoms with van der Waals surface area (Å²) < 4.78 is 51.5. The van der Waals surface area contributed by atoms with E-state index in [1.807, 2.05) is 0 Å². The van der Waals surface area contributed by atoms with Crippen molar-refractivity contribution in [3.8, 4) is 5.75 Å². The first-order valence-electron chi connectivity index (χ1n) is 12.7. The summed E-state index contributed by atoms with van der Waals surface area (Å²) >= 11 is 2.55. The zero-order valence-electron chi connectivity index (χ0n) is 22.0. The molecule has 0 fully saturated rings. The third-order valence-corrected chi connectivity index (χ3v) is 8.35. The quantitative estimate of drug-likeness (QED) is 0.162. The highest BCUT2D eigenvalue weighted by atomic mass is 32.2. The van der Waals surface area contributed by atoms with E-state index in [2.05, 4.69) is 29.0 Å². The van der Waals surface area contributed by atoms with Crippen molar-refractivity contribution in [1.82, 2.24) is 14.8 Å². The van der Waals surface area contributed by atoms with E-state index in [0.717, 1.165) is 53.6 Å². The maximum Gasteiger partial charge on any atom is 0.416 e. The van der Waals surface area contributed by atoms with E-state index < -0.39 is 17.7 Å². The molecule has 2 heterocycles. The molecule has 40 heavy (non-hydrogen) atoms. The number of alkyl halides is 3. The molecule has 0 aliphatic heterocycles. The number of hydrogen-bond acceptors (Lipinski definition) is 8. The van der Waals surface area contributed by atoms with Crippen molar-refractivity contribution in [3.63, 3.8) is 0 Å². The Morgan fingerprint density at radius 3 is 2.85 bits per heavy atom. The van der Waals surface area contributed by atoms with Crippen molar-refractivity contribution in [2.75, 3.05) is 17.7 Å². The lowest BCUT2D eigenvalue weighted by Crippen LogP contribution is -2.18. The number of nitrogens with one attached hydrogen (secondary N) is 1. The van der Waals surface area contributed by atoms with Gasteiger partial charge in [0.1, 0.15) is 17.4 Å². The fourth-order valence-electron chi connectivity index (χ4n) is 4.31. The zero-order valence-corrected chi connectivity index (χ0v) is 23.7. The monoisotopic (exact) mass is 594 g/mol. The number of aromatic nitrogens is 3. The van der Waals surface area contributed by atoms with Crippen LogP contribution in [0.2, 0.25) is 0 Å². The lowest BCUT2D eigenvalue weighted by molar-refractivity contribution is -0.137. The van der Waals surface area contributed by atoms with Gasteiger partial charge in [0, 0.05) is 11.4 Å². The van der Waals surface area contributed by atoms with Gasteiger partial charge in [-0.3, -0.25) is 9.36 Å². The molecule has 0 saturated heterocycles. The summed E-state index contributed by atoms with van der Waals surface area (Å²) in [5.41, 5.74) is 0.587. The maximum absolute atomic E-state index is 13.0. The van der Waals surface area contributed by atoms with Gasteiger partial charge in [0.2, 0.25) is 5.91 Å². The molecule has 0 spiro atoms. The Morgan fingerprint density at radius 1 is 1.32 bits per heavy atom. The number of nitrogens with zero attached hydrogens (tertiary/aromatic N) is 3. The minimum Gasteiger partial charge on any atom is -0.486 e. The van der Waals surface area contributed by atoms with E-state index in [-0.39, 0.29) is 30.6 Å². The SMILES string of the molecule is C=CCn1c(COc2cccc(C(F)(F)F)c2)nnc1SCC(=O)Nc1sc2c(c1C(=O)OCC)CCC(C)C2. The molecule has 1 unspecified atom stereocenters. The van der Waals surface area contributed by atoms with Crippen LogP contribution in [0.15, 0.2) is 42.1 Å². The van der Waals surface area contributed by atoms with Gasteiger partial charge in [-0.05, 0) is 55.9 Å². The standard InChI is InChI=1S/C27H29F3N4O4S2/c1-4-11-34-21(14-38-18-8-6-7-17(13-18)27(28,29)30)32-33-26(34)39-15-22(35)31-24-23(25(36)37-5-2)19-10-9-16(3)12-20(19)40-24/h4,6-8,13,16H,1,5,9-12,14-15H2,2-3H3,(H,31,35). The summed E-state index contributed by atoms with van der Waals surface area (Å²) in [6.45, 7) is 8.06. The molecule has 0 radical (unpaired) electrons. The van der Waals surface area contributed by atoms with E-state index in [1.54, 1.807) is 17.6 Å². The molecule has 1 aliphatic carbocycles. The molecule has 1 aliphatic rings. The molecule has 1 aromatic carbocycles. The number of fused-ring (bicyclic) bond motifs is 1. The summed E-state index contributed by atoms with van der Waals surface area (Å²) in [5.74, 6) is 0.145. The second-order valence-electron chi connectivity index (χ2n) is 9.23. The number of carbonyl (C=O) groups is 2. The van der Waals surface area contributed by atoms with Crippen LogP contribution in [0.5, 0.6) is 5.75 Å². The van der Waals surface area contributed by atoms with Gasteiger partial charge in [0.15, 0.2) is 11.0 Å². The first-order valence-corrected chi connectivity index (χ1v) is 14.5. The van der Waals surface area contributed by atoms with Crippen LogP contribution in [-0.2, 0) is 41.7 Å². The van der Waals surface area contributed by atoms with Crippen LogP contribution in [0.4, 0.5) is 18.2 Å². The van der Waals surface area contributed by atoms with Gasteiger partial charge in [0.25, 0.3) is 0 Å². The Bertz CT molecular complexity index is 1390. The molecule has 1 atom stereocenters. The van der Waals surface area contributed by atoms with Crippen LogP contribution in [0.3, 0.4) is 0 Å². The second-order valence-corrected chi connectivity index (χ2v) is 11.3. The molecular formula is C27H29F3N4O4S2. The molecule has 4 rings (SSSR count). The molecule has 3 aromatic rings. The van der Waals surface area contributed by atoms with Crippen molar-refractivity contribution >= 4 is 40.0 Å². The average molecular weight is 595 g/mol. The largest absolute Gasteiger partial charge is 0.486 e. The van der Waals surface area contributed by atoms with Gasteiger partial charge >= 0.3 is 12.1 Å². The van der Waals surface area contributed by atoms with Crippen LogP contribution in [-0.4, -0.2) is 39.0 Å². The summed E-state index contributed by atoms with van der Waals surface area (Å²) in [5, 5.41) is 12.0. The van der Waals surface area contributed by atoms with Crippen molar-refractivity contribution in [1.29, 1.82) is 0 Å². The third kappa shape index (κ3) is 7.05. The molecular weight excluding hydrogens is 565 g/mol. The van der Waals surface area contributed by atoms with Gasteiger partial charge in [-0.15, -0.1) is 28.1 Å². The molecule has 13 heteroatoms. The molecule has 2 aromatic heterocycles. The van der Waals surface area contributed by atoms with Gasteiger partial charge in [0.05, 0.1) is 23.5 Å². The van der Waals surface area contributed by atoms with E-state index in [9.17, 15) is 22.8 Å². The van der Waals surface area contributed by atoms with Crippen LogP contribution in [0.1, 0.15) is 52.5 Å². The highest BCUT2D eigenvalue weighted by Crippen LogP contribution is 2.40. The van der Waals surface area contributed by atoms with E-state index in [4.69, 9.17) is 9.47 Å². The van der Waals surface area contributed by atoms with Crippen molar-refractivity contribution in [3.05, 3.63) is 64.3 Å². The molecule has 0 bridgehead atoms. The van der Waals surface area contributed by atoms with Crippen LogP contribution >= 0.6 is 23.1 Å². The first kappa shape index (κ1) is 29.7. The van der Waals surface area contributed by atoms with Gasteiger partial charge < -0.3 is 14.8 Å². The summed E-state index contributed by atoms with van der Waals surface area (Å²) in [6.07, 6.45) is -0.276. The Hall–Kier alpha value is -3.32. The molecule has 0 saturated carbocycles. The van der Waals surface area contributed by atoms with E-state index in [0.29, 0.717) is 34.0 Å². The Balaban J connectivity index is 1.43. The van der Waals surface area contributed by atoms with Crippen molar-refractivity contribution in [2.45, 2.75) is 57.6 Å². The fraction of sp³-hybridized carbons (Fsp3) is 0.407. The zero-order chi connectivity index (χ0) is 28.9. The normalized spacial score (nSPS) is 14.9. The molecule has 1 amide bonds. The number of rotatable bonds is 11. The Morgan fingerprint density at radius 2 is 2.12 bits per heavy atom. The number of hydrogen-bond donors (Lipinski definition) is 1. The van der Waals surface area contributed by atoms with Crippen LogP contribution < -0.4 is 10.1 Å². The smallest absolute Gasteiger partial charge is 0.416 e. The lowest BCUT2D eigenvalue weighted by atomic mass is 9.88. The topological polar surface area (TPSA) is 95.3 Å². The maximum atomic E-state index is 13.0. The molecule has 1 N–H and O–H groups in total. The number of carbonyl (C=O) groups excluding carboxylic acids is 2. The summed E-state index contributed by atoms with van der Waals surface area (Å²) in [4.78, 5) is 26.7. The minimum atomic E-state index is -4.48. The van der Waals surface area contributed by atoms with E-state index >= 15 is 0 Å². The highest BCUT2D eigenvalue weighted by molar-refractivity contribution is 7.99. The number of allylic oxidation sites excluding steroid dienone is 1. The third-order valence-electron chi connectivity index (χ3n) is 6.21. The van der Waals surface area contributed by atoms with Gasteiger partial charge in [-0.2, -0.15) is 13.2 Å². The number of amides is 1.